The quantitative estimate of drug-likeness (QED) is 0.554. The molecule has 0 aliphatic carbocycles. The second-order valence-corrected chi connectivity index (χ2v) is 7.68. The number of aromatic nitrogens is 4. The van der Waals surface area contributed by atoms with Gasteiger partial charge in [-0.2, -0.15) is 0 Å². The number of nitrogens with zero attached hydrogens (tertiary/aromatic N) is 4. The third-order valence-electron chi connectivity index (χ3n) is 4.51. The fraction of sp³-hybridized carbons (Fsp3) is 0.300. The predicted octanol–water partition coefficient (Wildman–Crippen LogP) is 0.971. The van der Waals surface area contributed by atoms with Gasteiger partial charge in [-0.15, -0.1) is 10.2 Å². The third kappa shape index (κ3) is 4.96. The summed E-state index contributed by atoms with van der Waals surface area (Å²) in [6, 6.07) is 14.2. The van der Waals surface area contributed by atoms with E-state index in [4.69, 9.17) is 0 Å². The van der Waals surface area contributed by atoms with Gasteiger partial charge < -0.3 is 14.8 Å². The molecule has 1 aromatic carbocycles. The molecule has 7 nitrogen and oxygen atoms in total. The van der Waals surface area contributed by atoms with Crippen molar-refractivity contribution in [3.63, 3.8) is 0 Å². The molecule has 8 heteroatoms. The number of rotatable bonds is 8. The Kier molecular flexibility index (Phi) is 6.78. The summed E-state index contributed by atoms with van der Waals surface area (Å²) in [6.07, 6.45) is 3.44. The summed E-state index contributed by atoms with van der Waals surface area (Å²) >= 11 is 1.38. The molecular weight excluding hydrogens is 372 g/mol. The first-order valence-corrected chi connectivity index (χ1v) is 10.1. The molecular formula is C20H25N6OS+. The van der Waals surface area contributed by atoms with Crippen LogP contribution in [-0.2, 0) is 11.8 Å². The highest BCUT2D eigenvalue weighted by Gasteiger charge is 2.19. The number of hydrogen-bond acceptors (Lipinski definition) is 5. The van der Waals surface area contributed by atoms with E-state index < -0.39 is 0 Å². The van der Waals surface area contributed by atoms with Crippen LogP contribution in [0.3, 0.4) is 0 Å². The number of benzene rings is 1. The summed E-state index contributed by atoms with van der Waals surface area (Å²) in [7, 11) is 6.09. The average Bonchev–Trinajstić information content (AvgIpc) is 3.08. The van der Waals surface area contributed by atoms with Gasteiger partial charge in [-0.1, -0.05) is 42.1 Å². The Morgan fingerprint density at radius 2 is 1.86 bits per heavy atom. The van der Waals surface area contributed by atoms with Crippen LogP contribution in [0.4, 0.5) is 0 Å². The molecule has 2 N–H and O–H groups in total. The first-order chi connectivity index (χ1) is 13.6. The first-order valence-electron chi connectivity index (χ1n) is 9.10. The largest absolute Gasteiger partial charge is 0.349 e. The van der Waals surface area contributed by atoms with Gasteiger partial charge in [-0.25, -0.2) is 0 Å². The van der Waals surface area contributed by atoms with Crippen molar-refractivity contribution in [3.8, 4) is 11.4 Å². The van der Waals surface area contributed by atoms with E-state index in [1.165, 1.54) is 22.2 Å². The maximum atomic E-state index is 12.4. The first kappa shape index (κ1) is 20.0. The standard InChI is InChI=1S/C20H24N6OS/c1-25(2)17(15-7-5-4-6-8-15)13-22-18(27)14-28-20-24-23-19(26(20)3)16-9-11-21-12-10-16/h4-12,17H,13-14H2,1-3H3,(H,22,27)/p+1/t17-/m0/s1. The lowest BCUT2D eigenvalue weighted by Crippen LogP contribution is -3.07. The topological polar surface area (TPSA) is 77.1 Å². The van der Waals surface area contributed by atoms with Gasteiger partial charge in [0.15, 0.2) is 11.0 Å². The van der Waals surface area contributed by atoms with Crippen LogP contribution in [0.5, 0.6) is 0 Å². The lowest BCUT2D eigenvalue weighted by Gasteiger charge is -2.22. The number of likely N-dealkylation sites (N-methyl/N-ethyl adjacent to an activating group) is 1. The van der Waals surface area contributed by atoms with Crippen molar-refractivity contribution in [2.45, 2.75) is 11.2 Å². The molecule has 0 bridgehead atoms. The Bertz CT molecular complexity index is 898. The van der Waals surface area contributed by atoms with Crippen LogP contribution in [0, 0.1) is 0 Å². The number of carbonyl (C=O) groups excluding carboxylic acids is 1. The van der Waals surface area contributed by atoms with Crippen LogP contribution in [0.15, 0.2) is 60.0 Å². The van der Waals surface area contributed by atoms with Gasteiger partial charge in [0.1, 0.15) is 6.04 Å². The van der Waals surface area contributed by atoms with Gasteiger partial charge in [0, 0.05) is 30.6 Å². The van der Waals surface area contributed by atoms with Crippen molar-refractivity contribution in [1.29, 1.82) is 0 Å². The van der Waals surface area contributed by atoms with Gasteiger partial charge in [0.2, 0.25) is 5.91 Å². The van der Waals surface area contributed by atoms with Crippen LogP contribution < -0.4 is 10.2 Å². The normalized spacial score (nSPS) is 12.1. The zero-order valence-electron chi connectivity index (χ0n) is 16.3. The summed E-state index contributed by atoms with van der Waals surface area (Å²) in [6.45, 7) is 0.590. The molecule has 0 unspecified atom stereocenters. The lowest BCUT2D eigenvalue weighted by molar-refractivity contribution is -0.890. The number of amides is 1. The van der Waals surface area contributed by atoms with Gasteiger partial charge in [-0.3, -0.25) is 9.78 Å². The molecule has 0 spiro atoms. The molecule has 1 amide bonds. The minimum atomic E-state index is -0.0133. The van der Waals surface area contributed by atoms with Crippen LogP contribution in [0.2, 0.25) is 0 Å². The Balaban J connectivity index is 1.55. The van der Waals surface area contributed by atoms with E-state index >= 15 is 0 Å². The minimum absolute atomic E-state index is 0.0133. The number of carbonyl (C=O) groups is 1. The number of quaternary nitrogens is 1. The van der Waals surface area contributed by atoms with Crippen molar-refractivity contribution in [3.05, 3.63) is 60.4 Å². The highest BCUT2D eigenvalue weighted by atomic mass is 32.2. The Labute approximate surface area is 169 Å². The number of pyridine rings is 1. The molecule has 2 aromatic heterocycles. The molecule has 3 rings (SSSR count). The van der Waals surface area contributed by atoms with Gasteiger partial charge in [0.05, 0.1) is 26.4 Å². The average molecular weight is 398 g/mol. The van der Waals surface area contributed by atoms with Crippen LogP contribution >= 0.6 is 11.8 Å². The fourth-order valence-corrected chi connectivity index (χ4v) is 3.67. The second kappa shape index (κ2) is 9.48. The van der Waals surface area contributed by atoms with E-state index in [-0.39, 0.29) is 11.9 Å². The molecule has 0 saturated carbocycles. The maximum Gasteiger partial charge on any atom is 0.230 e. The summed E-state index contributed by atoms with van der Waals surface area (Å²) < 4.78 is 1.89. The SMILES string of the molecule is Cn1c(SCC(=O)NC[C@@H](c2ccccc2)[NH+](C)C)nnc1-c1ccncc1. The van der Waals surface area contributed by atoms with E-state index in [0.717, 1.165) is 11.4 Å². The molecule has 1 atom stereocenters. The molecule has 3 aromatic rings. The summed E-state index contributed by atoms with van der Waals surface area (Å²) in [5, 5.41) is 12.2. The van der Waals surface area contributed by atoms with Crippen LogP contribution in [0.1, 0.15) is 11.6 Å². The van der Waals surface area contributed by atoms with Gasteiger partial charge in [0.25, 0.3) is 0 Å². The van der Waals surface area contributed by atoms with E-state index in [1.807, 2.05) is 41.9 Å². The molecule has 0 fully saturated rings. The van der Waals surface area contributed by atoms with Crippen LogP contribution in [0.25, 0.3) is 11.4 Å². The Hall–Kier alpha value is -2.71. The number of thioether (sulfide) groups is 1. The van der Waals surface area contributed by atoms with Crippen molar-refractivity contribution in [2.24, 2.45) is 7.05 Å². The zero-order chi connectivity index (χ0) is 19.9. The van der Waals surface area contributed by atoms with Crippen molar-refractivity contribution >= 4 is 17.7 Å². The van der Waals surface area contributed by atoms with E-state index in [0.29, 0.717) is 17.5 Å². The van der Waals surface area contributed by atoms with Crippen molar-refractivity contribution in [1.82, 2.24) is 25.1 Å². The second-order valence-electron chi connectivity index (χ2n) is 6.73. The zero-order valence-corrected chi connectivity index (χ0v) is 17.1. The monoisotopic (exact) mass is 397 g/mol. The third-order valence-corrected chi connectivity index (χ3v) is 5.53. The molecule has 0 saturated heterocycles. The molecule has 2 heterocycles. The highest BCUT2D eigenvalue weighted by Crippen LogP contribution is 2.21. The summed E-state index contributed by atoms with van der Waals surface area (Å²) in [5.41, 5.74) is 2.16. The van der Waals surface area contributed by atoms with Gasteiger partial charge >= 0.3 is 0 Å². The fourth-order valence-electron chi connectivity index (χ4n) is 2.93. The number of hydrogen-bond donors (Lipinski definition) is 2. The lowest BCUT2D eigenvalue weighted by atomic mass is 10.1. The molecule has 0 aliphatic heterocycles. The Morgan fingerprint density at radius 3 is 2.54 bits per heavy atom. The Morgan fingerprint density at radius 1 is 1.14 bits per heavy atom. The highest BCUT2D eigenvalue weighted by molar-refractivity contribution is 7.99. The van der Waals surface area contributed by atoms with Gasteiger partial charge in [-0.05, 0) is 12.1 Å². The smallest absolute Gasteiger partial charge is 0.230 e. The molecule has 0 aliphatic rings. The van der Waals surface area contributed by atoms with Crippen molar-refractivity contribution in [2.75, 3.05) is 26.4 Å². The van der Waals surface area contributed by atoms with E-state index in [2.05, 4.69) is 46.7 Å². The van der Waals surface area contributed by atoms with Crippen molar-refractivity contribution < 1.29 is 9.69 Å². The van der Waals surface area contributed by atoms with E-state index in [9.17, 15) is 4.79 Å². The molecule has 0 radical (unpaired) electrons. The van der Waals surface area contributed by atoms with Crippen LogP contribution in [-0.4, -0.2) is 52.0 Å². The summed E-state index contributed by atoms with van der Waals surface area (Å²) in [4.78, 5) is 17.6. The van der Waals surface area contributed by atoms with E-state index in [1.54, 1.807) is 12.4 Å². The molecule has 28 heavy (non-hydrogen) atoms. The number of nitrogens with one attached hydrogen (secondary N) is 2. The maximum absolute atomic E-state index is 12.4. The summed E-state index contributed by atoms with van der Waals surface area (Å²) in [5.74, 6) is 1.04. The minimum Gasteiger partial charge on any atom is -0.349 e. The molecule has 146 valence electrons. The predicted molar refractivity (Wildman–Crippen MR) is 110 cm³/mol.